The van der Waals surface area contributed by atoms with E-state index in [-0.39, 0.29) is 11.4 Å². The lowest BCUT2D eigenvalue weighted by Gasteiger charge is -2.34. The molecule has 2 aromatic heterocycles. The predicted molar refractivity (Wildman–Crippen MR) is 84.7 cm³/mol. The summed E-state index contributed by atoms with van der Waals surface area (Å²) >= 11 is 1.35. The van der Waals surface area contributed by atoms with E-state index in [9.17, 15) is 4.79 Å². The van der Waals surface area contributed by atoms with Gasteiger partial charge in [-0.2, -0.15) is 0 Å². The van der Waals surface area contributed by atoms with Crippen molar-refractivity contribution < 1.29 is 9.53 Å². The maximum atomic E-state index is 12.6. The lowest BCUT2D eigenvalue weighted by Crippen LogP contribution is -2.49. The quantitative estimate of drug-likeness (QED) is 0.893. The second-order valence-electron chi connectivity index (χ2n) is 5.78. The third-order valence-corrected chi connectivity index (χ3v) is 5.17. The number of hydrogen-bond donors (Lipinski definition) is 2. The highest BCUT2D eigenvalue weighted by Gasteiger charge is 2.30. The van der Waals surface area contributed by atoms with Crippen LogP contribution in [0.1, 0.15) is 35.0 Å². The smallest absolute Gasteiger partial charge is 0.263 e. The molecule has 1 aliphatic rings. The molecule has 2 aromatic rings. The largest absolute Gasteiger partial charge is 0.397 e. The molecule has 3 heterocycles. The molecule has 6 heteroatoms. The van der Waals surface area contributed by atoms with Gasteiger partial charge in [0.05, 0.1) is 5.69 Å². The Morgan fingerprint density at radius 2 is 2.19 bits per heavy atom. The summed E-state index contributed by atoms with van der Waals surface area (Å²) in [4.78, 5) is 18.2. The van der Waals surface area contributed by atoms with E-state index in [2.05, 4.69) is 17.2 Å². The Balaban J connectivity index is 1.91. The van der Waals surface area contributed by atoms with Crippen molar-refractivity contribution in [1.82, 2.24) is 10.3 Å². The number of nitrogen functional groups attached to an aromatic ring is 1. The maximum absolute atomic E-state index is 12.6. The molecule has 0 aromatic carbocycles. The number of pyridine rings is 1. The van der Waals surface area contributed by atoms with Crippen molar-refractivity contribution in [3.63, 3.8) is 0 Å². The summed E-state index contributed by atoms with van der Waals surface area (Å²) in [5, 5.41) is 4.01. The Morgan fingerprint density at radius 3 is 2.86 bits per heavy atom. The van der Waals surface area contributed by atoms with Crippen LogP contribution in [0.2, 0.25) is 0 Å². The highest BCUT2D eigenvalue weighted by Crippen LogP contribution is 2.34. The minimum Gasteiger partial charge on any atom is -0.397 e. The number of carbonyl (C=O) groups is 1. The minimum atomic E-state index is -0.222. The molecule has 3 N–H and O–H groups in total. The first-order valence-corrected chi connectivity index (χ1v) is 7.86. The van der Waals surface area contributed by atoms with E-state index < -0.39 is 0 Å². The van der Waals surface area contributed by atoms with Gasteiger partial charge in [0.1, 0.15) is 9.71 Å². The van der Waals surface area contributed by atoms with E-state index in [1.807, 2.05) is 13.0 Å². The molecule has 0 spiro atoms. The van der Waals surface area contributed by atoms with Gasteiger partial charge in [0.25, 0.3) is 5.91 Å². The van der Waals surface area contributed by atoms with Crippen molar-refractivity contribution in [2.24, 2.45) is 0 Å². The number of nitrogens with zero attached hydrogens (tertiary/aromatic N) is 1. The summed E-state index contributed by atoms with van der Waals surface area (Å²) in [5.41, 5.74) is 7.53. The number of anilines is 1. The Hall–Kier alpha value is -1.66. The summed E-state index contributed by atoms with van der Waals surface area (Å²) in [6.45, 7) is 5.40. The Kier molecular flexibility index (Phi) is 3.59. The zero-order valence-corrected chi connectivity index (χ0v) is 13.0. The number of rotatable bonds is 2. The van der Waals surface area contributed by atoms with Gasteiger partial charge < -0.3 is 15.8 Å². The molecular formula is C15H19N3O2S. The van der Waals surface area contributed by atoms with Crippen LogP contribution in [-0.2, 0) is 4.74 Å². The maximum Gasteiger partial charge on any atom is 0.263 e. The Bertz CT molecular complexity index is 690. The van der Waals surface area contributed by atoms with Crippen LogP contribution in [0, 0.1) is 6.92 Å². The molecule has 0 radical (unpaired) electrons. The number of thiophene rings is 1. The molecule has 0 saturated carbocycles. The summed E-state index contributed by atoms with van der Waals surface area (Å²) in [6.07, 6.45) is 3.39. The molecule has 1 fully saturated rings. The van der Waals surface area contributed by atoms with Crippen molar-refractivity contribution in [1.29, 1.82) is 0 Å². The number of amides is 1. The number of hydrogen-bond acceptors (Lipinski definition) is 5. The van der Waals surface area contributed by atoms with Crippen LogP contribution < -0.4 is 11.1 Å². The van der Waals surface area contributed by atoms with E-state index >= 15 is 0 Å². The van der Waals surface area contributed by atoms with Crippen molar-refractivity contribution in [3.05, 3.63) is 22.7 Å². The highest BCUT2D eigenvalue weighted by atomic mass is 32.1. The minimum absolute atomic E-state index is 0.112. The number of nitrogens with one attached hydrogen (secondary N) is 1. The molecule has 1 saturated heterocycles. The lowest BCUT2D eigenvalue weighted by atomic mass is 9.92. The molecule has 1 aliphatic heterocycles. The number of fused-ring (bicyclic) bond motifs is 1. The van der Waals surface area contributed by atoms with Gasteiger partial charge in [-0.3, -0.25) is 4.79 Å². The topological polar surface area (TPSA) is 77.2 Å². The number of carbonyl (C=O) groups excluding carboxylic acids is 1. The van der Waals surface area contributed by atoms with E-state index in [1.54, 1.807) is 6.20 Å². The highest BCUT2D eigenvalue weighted by molar-refractivity contribution is 7.21. The van der Waals surface area contributed by atoms with Crippen LogP contribution in [0.25, 0.3) is 10.2 Å². The van der Waals surface area contributed by atoms with Crippen LogP contribution in [0.5, 0.6) is 0 Å². The van der Waals surface area contributed by atoms with Gasteiger partial charge in [-0.05, 0) is 38.3 Å². The van der Waals surface area contributed by atoms with Crippen molar-refractivity contribution in [3.8, 4) is 0 Å². The molecule has 21 heavy (non-hydrogen) atoms. The fourth-order valence-corrected chi connectivity index (χ4v) is 3.69. The van der Waals surface area contributed by atoms with E-state index in [1.165, 1.54) is 11.3 Å². The molecule has 0 unspecified atom stereocenters. The fourth-order valence-electron chi connectivity index (χ4n) is 2.65. The monoisotopic (exact) mass is 305 g/mol. The first-order chi connectivity index (χ1) is 10.0. The molecular weight excluding hydrogens is 286 g/mol. The second kappa shape index (κ2) is 5.27. The van der Waals surface area contributed by atoms with Crippen molar-refractivity contribution >= 4 is 33.1 Å². The van der Waals surface area contributed by atoms with E-state index in [0.29, 0.717) is 23.8 Å². The number of aryl methyl sites for hydroxylation is 1. The van der Waals surface area contributed by atoms with Crippen molar-refractivity contribution in [2.75, 3.05) is 18.9 Å². The standard InChI is InChI=1S/C15H19N3O2S/c1-9-3-6-17-14-10(9)11(16)12(21-14)13(19)18-15(2)4-7-20-8-5-15/h3,6H,4-5,7-8,16H2,1-2H3,(H,18,19). The summed E-state index contributed by atoms with van der Waals surface area (Å²) in [6, 6.07) is 1.91. The lowest BCUT2D eigenvalue weighted by molar-refractivity contribution is 0.0424. The van der Waals surface area contributed by atoms with Gasteiger partial charge in [-0.1, -0.05) is 0 Å². The first-order valence-electron chi connectivity index (χ1n) is 7.04. The van der Waals surface area contributed by atoms with Crippen molar-refractivity contribution in [2.45, 2.75) is 32.2 Å². The zero-order chi connectivity index (χ0) is 15.0. The Labute approximate surface area is 127 Å². The molecule has 1 amide bonds. The van der Waals surface area contributed by atoms with Gasteiger partial charge in [0.2, 0.25) is 0 Å². The average molecular weight is 305 g/mol. The summed E-state index contributed by atoms with van der Waals surface area (Å²) < 4.78 is 5.36. The van der Waals surface area contributed by atoms with E-state index in [4.69, 9.17) is 10.5 Å². The molecule has 3 rings (SSSR count). The van der Waals surface area contributed by atoms with Crippen LogP contribution in [0.3, 0.4) is 0 Å². The molecule has 112 valence electrons. The van der Waals surface area contributed by atoms with E-state index in [0.717, 1.165) is 28.6 Å². The molecule has 0 aliphatic carbocycles. The van der Waals surface area contributed by atoms with Crippen LogP contribution in [0.4, 0.5) is 5.69 Å². The number of aromatic nitrogens is 1. The van der Waals surface area contributed by atoms with Gasteiger partial charge in [0, 0.05) is 30.3 Å². The number of nitrogens with two attached hydrogens (primary N) is 1. The average Bonchev–Trinajstić information content (AvgIpc) is 2.78. The number of ether oxygens (including phenoxy) is 1. The normalized spacial score (nSPS) is 17.8. The summed E-state index contributed by atoms with van der Waals surface area (Å²) in [7, 11) is 0. The molecule has 0 atom stereocenters. The first kappa shape index (κ1) is 14.3. The van der Waals surface area contributed by atoms with Crippen LogP contribution in [0.15, 0.2) is 12.3 Å². The van der Waals surface area contributed by atoms with Gasteiger partial charge >= 0.3 is 0 Å². The molecule has 0 bridgehead atoms. The predicted octanol–water partition coefficient (Wildman–Crippen LogP) is 2.49. The van der Waals surface area contributed by atoms with Gasteiger partial charge in [-0.15, -0.1) is 11.3 Å². The van der Waals surface area contributed by atoms with Crippen LogP contribution >= 0.6 is 11.3 Å². The Morgan fingerprint density at radius 1 is 1.48 bits per heavy atom. The SMILES string of the molecule is Cc1ccnc2sc(C(=O)NC3(C)CCOCC3)c(N)c12. The zero-order valence-electron chi connectivity index (χ0n) is 12.2. The fraction of sp³-hybridized carbons (Fsp3) is 0.467. The molecule has 5 nitrogen and oxygen atoms in total. The third-order valence-electron chi connectivity index (χ3n) is 4.06. The van der Waals surface area contributed by atoms with Gasteiger partial charge in [-0.25, -0.2) is 4.98 Å². The third kappa shape index (κ3) is 2.61. The van der Waals surface area contributed by atoms with Crippen LogP contribution in [-0.4, -0.2) is 29.6 Å². The summed E-state index contributed by atoms with van der Waals surface area (Å²) in [5.74, 6) is -0.112. The van der Waals surface area contributed by atoms with Gasteiger partial charge in [0.15, 0.2) is 0 Å². The second-order valence-corrected chi connectivity index (χ2v) is 6.78.